The van der Waals surface area contributed by atoms with Crippen LogP contribution >= 0.6 is 23.2 Å². The van der Waals surface area contributed by atoms with E-state index in [1.165, 1.54) is 18.3 Å². The second-order valence-corrected chi connectivity index (χ2v) is 4.69. The van der Waals surface area contributed by atoms with Crippen LogP contribution in [0, 0.1) is 10.1 Å². The third-order valence-corrected chi connectivity index (χ3v) is 2.71. The van der Waals surface area contributed by atoms with Gasteiger partial charge in [0, 0.05) is 11.1 Å². The van der Waals surface area contributed by atoms with Crippen LogP contribution in [0.1, 0.15) is 18.2 Å². The average Bonchev–Trinajstić information content (AvgIpc) is 2.78. The second kappa shape index (κ2) is 4.96. The van der Waals surface area contributed by atoms with E-state index < -0.39 is 10.3 Å². The number of hydrogen-bond donors (Lipinski definition) is 0. The molecule has 0 bridgehead atoms. The number of alkyl halides is 1. The van der Waals surface area contributed by atoms with Crippen molar-refractivity contribution in [2.75, 3.05) is 0 Å². The van der Waals surface area contributed by atoms with E-state index in [-0.39, 0.29) is 10.7 Å². The fourth-order valence-corrected chi connectivity index (χ4v) is 1.73. The SMILES string of the molecule is CC(Cl)c1ncc(-c2ccc(Cl)cc2[N+](=O)[O-])o1. The first-order valence-electron chi connectivity index (χ1n) is 5.03. The molecule has 1 aromatic heterocycles. The number of hydrogen-bond acceptors (Lipinski definition) is 4. The summed E-state index contributed by atoms with van der Waals surface area (Å²) < 4.78 is 5.37. The standard InChI is InChI=1S/C11H8Cl2N2O3/c1-6(12)11-14-5-10(18-11)8-3-2-7(13)4-9(8)15(16)17/h2-6H,1H3. The topological polar surface area (TPSA) is 69.2 Å². The Bertz CT molecular complexity index is 596. The number of benzene rings is 1. The molecule has 0 saturated carbocycles. The van der Waals surface area contributed by atoms with Gasteiger partial charge in [-0.1, -0.05) is 11.6 Å². The van der Waals surface area contributed by atoms with E-state index in [4.69, 9.17) is 27.6 Å². The normalized spacial score (nSPS) is 12.4. The van der Waals surface area contributed by atoms with Gasteiger partial charge in [-0.2, -0.15) is 0 Å². The smallest absolute Gasteiger partial charge is 0.281 e. The largest absolute Gasteiger partial charge is 0.439 e. The molecule has 0 aliphatic heterocycles. The van der Waals surface area contributed by atoms with Crippen LogP contribution in [0.5, 0.6) is 0 Å². The van der Waals surface area contributed by atoms with E-state index >= 15 is 0 Å². The molecule has 0 fully saturated rings. The predicted molar refractivity (Wildman–Crippen MR) is 67.9 cm³/mol. The summed E-state index contributed by atoms with van der Waals surface area (Å²) in [5.74, 6) is 0.608. The van der Waals surface area contributed by atoms with Gasteiger partial charge in [0.2, 0.25) is 5.89 Å². The summed E-state index contributed by atoms with van der Waals surface area (Å²) in [5.41, 5.74) is 0.188. The van der Waals surface area contributed by atoms with E-state index in [0.29, 0.717) is 17.2 Å². The molecule has 18 heavy (non-hydrogen) atoms. The van der Waals surface area contributed by atoms with Gasteiger partial charge in [-0.3, -0.25) is 10.1 Å². The molecular weight excluding hydrogens is 279 g/mol. The van der Waals surface area contributed by atoms with Crippen LogP contribution in [-0.4, -0.2) is 9.91 Å². The zero-order valence-electron chi connectivity index (χ0n) is 9.26. The quantitative estimate of drug-likeness (QED) is 0.482. The molecule has 0 saturated heterocycles. The van der Waals surface area contributed by atoms with E-state index in [0.717, 1.165) is 0 Å². The van der Waals surface area contributed by atoms with Gasteiger partial charge in [0.1, 0.15) is 5.38 Å². The lowest BCUT2D eigenvalue weighted by Crippen LogP contribution is -1.91. The highest BCUT2D eigenvalue weighted by Gasteiger charge is 2.20. The molecule has 1 aromatic carbocycles. The van der Waals surface area contributed by atoms with Crippen molar-refractivity contribution in [2.45, 2.75) is 12.3 Å². The Morgan fingerprint density at radius 3 is 2.78 bits per heavy atom. The fraction of sp³-hybridized carbons (Fsp3) is 0.182. The maximum Gasteiger partial charge on any atom is 0.281 e. The van der Waals surface area contributed by atoms with Crippen molar-refractivity contribution in [3.8, 4) is 11.3 Å². The number of nitrogens with zero attached hydrogens (tertiary/aromatic N) is 2. The number of oxazole rings is 1. The Kier molecular flexibility index (Phi) is 3.54. The van der Waals surface area contributed by atoms with Crippen molar-refractivity contribution < 1.29 is 9.34 Å². The van der Waals surface area contributed by atoms with Crippen molar-refractivity contribution in [3.05, 3.63) is 45.4 Å². The van der Waals surface area contributed by atoms with Gasteiger partial charge in [-0.05, 0) is 19.1 Å². The van der Waals surface area contributed by atoms with Crippen molar-refractivity contribution in [1.29, 1.82) is 0 Å². The van der Waals surface area contributed by atoms with Gasteiger partial charge in [0.05, 0.1) is 16.7 Å². The minimum atomic E-state index is -0.520. The highest BCUT2D eigenvalue weighted by molar-refractivity contribution is 6.30. The first-order chi connectivity index (χ1) is 8.49. The number of halogens is 2. The van der Waals surface area contributed by atoms with Gasteiger partial charge in [-0.25, -0.2) is 4.98 Å². The van der Waals surface area contributed by atoms with Gasteiger partial charge < -0.3 is 4.42 Å². The van der Waals surface area contributed by atoms with Gasteiger partial charge in [-0.15, -0.1) is 11.6 Å². The van der Waals surface area contributed by atoms with Crippen LogP contribution in [0.15, 0.2) is 28.8 Å². The summed E-state index contributed by atoms with van der Waals surface area (Å²) >= 11 is 11.6. The molecule has 1 heterocycles. The van der Waals surface area contributed by atoms with Crippen molar-refractivity contribution in [3.63, 3.8) is 0 Å². The third-order valence-electron chi connectivity index (χ3n) is 2.29. The zero-order chi connectivity index (χ0) is 13.3. The highest BCUT2D eigenvalue weighted by atomic mass is 35.5. The van der Waals surface area contributed by atoms with E-state index in [1.807, 2.05) is 0 Å². The molecule has 2 rings (SSSR count). The molecule has 5 nitrogen and oxygen atoms in total. The lowest BCUT2D eigenvalue weighted by atomic mass is 10.1. The first-order valence-corrected chi connectivity index (χ1v) is 5.84. The summed E-state index contributed by atoms with van der Waals surface area (Å²) in [4.78, 5) is 14.4. The molecule has 0 aliphatic carbocycles. The molecule has 1 unspecified atom stereocenters. The molecule has 0 spiro atoms. The Balaban J connectivity index is 2.52. The lowest BCUT2D eigenvalue weighted by Gasteiger charge is -2.00. The van der Waals surface area contributed by atoms with E-state index in [2.05, 4.69) is 4.98 Å². The Labute approximate surface area is 112 Å². The maximum atomic E-state index is 10.9. The molecule has 0 N–H and O–H groups in total. The van der Waals surface area contributed by atoms with Crippen LogP contribution < -0.4 is 0 Å². The van der Waals surface area contributed by atoms with Crippen molar-refractivity contribution in [2.24, 2.45) is 0 Å². The molecule has 2 aromatic rings. The van der Waals surface area contributed by atoms with Crippen molar-refractivity contribution in [1.82, 2.24) is 4.98 Å². The second-order valence-electron chi connectivity index (χ2n) is 3.60. The summed E-state index contributed by atoms with van der Waals surface area (Å²) in [6, 6.07) is 4.34. The number of nitro groups is 1. The molecule has 0 amide bonds. The minimum absolute atomic E-state index is 0.132. The van der Waals surface area contributed by atoms with Gasteiger partial charge >= 0.3 is 0 Å². The van der Waals surface area contributed by atoms with Crippen LogP contribution in [0.25, 0.3) is 11.3 Å². The summed E-state index contributed by atoms with van der Waals surface area (Å²) in [6.07, 6.45) is 1.41. The number of aromatic nitrogens is 1. The van der Waals surface area contributed by atoms with Gasteiger partial charge in [0.25, 0.3) is 5.69 Å². The first kappa shape index (κ1) is 12.9. The molecule has 1 atom stereocenters. The van der Waals surface area contributed by atoms with Crippen LogP contribution in [0.4, 0.5) is 5.69 Å². The molecular formula is C11H8Cl2N2O3. The maximum absolute atomic E-state index is 10.9. The molecule has 94 valence electrons. The molecule has 7 heteroatoms. The van der Waals surface area contributed by atoms with Crippen LogP contribution in [0.3, 0.4) is 0 Å². The zero-order valence-corrected chi connectivity index (χ0v) is 10.8. The number of nitro benzene ring substituents is 1. The molecule has 0 radical (unpaired) electrons. The van der Waals surface area contributed by atoms with Crippen molar-refractivity contribution >= 4 is 28.9 Å². The Morgan fingerprint density at radius 2 is 2.22 bits per heavy atom. The van der Waals surface area contributed by atoms with E-state index in [9.17, 15) is 10.1 Å². The highest BCUT2D eigenvalue weighted by Crippen LogP contribution is 2.33. The fourth-order valence-electron chi connectivity index (χ4n) is 1.46. The third kappa shape index (κ3) is 2.47. The average molecular weight is 287 g/mol. The lowest BCUT2D eigenvalue weighted by molar-refractivity contribution is -0.384. The van der Waals surface area contributed by atoms with Crippen LogP contribution in [-0.2, 0) is 0 Å². The monoisotopic (exact) mass is 286 g/mol. The number of rotatable bonds is 3. The summed E-state index contributed by atoms with van der Waals surface area (Å²) in [7, 11) is 0. The van der Waals surface area contributed by atoms with Crippen LogP contribution in [0.2, 0.25) is 5.02 Å². The molecule has 0 aliphatic rings. The Hall–Kier alpha value is -1.59. The summed E-state index contributed by atoms with van der Waals surface area (Å²) in [6.45, 7) is 1.70. The van der Waals surface area contributed by atoms with E-state index in [1.54, 1.807) is 13.0 Å². The predicted octanol–water partition coefficient (Wildman–Crippen LogP) is 4.20. The van der Waals surface area contributed by atoms with Gasteiger partial charge in [0.15, 0.2) is 5.76 Å². The summed E-state index contributed by atoms with van der Waals surface area (Å²) in [5, 5.41) is 10.8. The Morgan fingerprint density at radius 1 is 1.50 bits per heavy atom. The minimum Gasteiger partial charge on any atom is -0.439 e.